The van der Waals surface area contributed by atoms with Crippen LogP contribution in [-0.2, 0) is 11.3 Å². The standard InChI is InChI=1S/C17H23N5O2/c1-2-8-19-16(23)7-9-20-17(24)21-12-14-3-5-15(6-4-14)22-11-10-18-13-22/h3-6,10-11,13H,2,7-9,12H2,1H3,(H,19,23)(H2,20,21,24). The summed E-state index contributed by atoms with van der Waals surface area (Å²) in [5.41, 5.74) is 2.01. The predicted molar refractivity (Wildman–Crippen MR) is 91.7 cm³/mol. The summed E-state index contributed by atoms with van der Waals surface area (Å²) in [5, 5.41) is 8.20. The summed E-state index contributed by atoms with van der Waals surface area (Å²) in [7, 11) is 0. The number of benzene rings is 1. The number of carbonyl (C=O) groups excluding carboxylic acids is 2. The largest absolute Gasteiger partial charge is 0.356 e. The molecule has 3 amide bonds. The van der Waals surface area contributed by atoms with Crippen LogP contribution in [0.1, 0.15) is 25.3 Å². The highest BCUT2D eigenvalue weighted by Gasteiger charge is 2.03. The van der Waals surface area contributed by atoms with Crippen molar-refractivity contribution in [2.24, 2.45) is 0 Å². The van der Waals surface area contributed by atoms with Gasteiger partial charge in [0.25, 0.3) is 0 Å². The fourth-order valence-electron chi connectivity index (χ4n) is 2.08. The van der Waals surface area contributed by atoms with Crippen molar-refractivity contribution >= 4 is 11.9 Å². The molecule has 0 saturated carbocycles. The molecule has 0 saturated heterocycles. The molecular formula is C17H23N5O2. The average molecular weight is 329 g/mol. The van der Waals surface area contributed by atoms with Crippen molar-refractivity contribution in [2.75, 3.05) is 13.1 Å². The van der Waals surface area contributed by atoms with Crippen LogP contribution in [0.4, 0.5) is 4.79 Å². The Morgan fingerprint density at radius 2 is 1.88 bits per heavy atom. The number of carbonyl (C=O) groups is 2. The van der Waals surface area contributed by atoms with Crippen LogP contribution in [0.25, 0.3) is 5.69 Å². The molecule has 0 unspecified atom stereocenters. The second-order valence-corrected chi connectivity index (χ2v) is 5.35. The zero-order valence-corrected chi connectivity index (χ0v) is 13.8. The first kappa shape index (κ1) is 17.5. The van der Waals surface area contributed by atoms with Crippen molar-refractivity contribution in [3.63, 3.8) is 0 Å². The summed E-state index contributed by atoms with van der Waals surface area (Å²) in [6, 6.07) is 7.56. The maximum Gasteiger partial charge on any atom is 0.315 e. The van der Waals surface area contributed by atoms with Gasteiger partial charge in [0.2, 0.25) is 5.91 Å². The second-order valence-electron chi connectivity index (χ2n) is 5.35. The second kappa shape index (κ2) is 9.34. The van der Waals surface area contributed by atoms with E-state index in [2.05, 4.69) is 20.9 Å². The summed E-state index contributed by atoms with van der Waals surface area (Å²) in [6.45, 7) is 3.41. The minimum absolute atomic E-state index is 0.0489. The molecule has 2 rings (SSSR count). The maximum atomic E-state index is 11.7. The van der Waals surface area contributed by atoms with Crippen molar-refractivity contribution in [3.8, 4) is 5.69 Å². The van der Waals surface area contributed by atoms with Crippen LogP contribution >= 0.6 is 0 Å². The van der Waals surface area contributed by atoms with Crippen LogP contribution in [0, 0.1) is 0 Å². The van der Waals surface area contributed by atoms with Crippen molar-refractivity contribution in [1.29, 1.82) is 0 Å². The number of hydrogen-bond donors (Lipinski definition) is 3. The van der Waals surface area contributed by atoms with Crippen molar-refractivity contribution in [3.05, 3.63) is 48.5 Å². The molecule has 1 heterocycles. The Morgan fingerprint density at radius 1 is 1.08 bits per heavy atom. The summed E-state index contributed by atoms with van der Waals surface area (Å²) in [5.74, 6) is -0.0489. The van der Waals surface area contributed by atoms with Gasteiger partial charge in [0.1, 0.15) is 0 Å². The lowest BCUT2D eigenvalue weighted by atomic mass is 10.2. The van der Waals surface area contributed by atoms with Gasteiger partial charge < -0.3 is 20.5 Å². The van der Waals surface area contributed by atoms with E-state index in [1.807, 2.05) is 42.0 Å². The Bertz CT molecular complexity index is 638. The molecule has 1 aromatic heterocycles. The van der Waals surface area contributed by atoms with Crippen molar-refractivity contribution in [1.82, 2.24) is 25.5 Å². The first-order chi connectivity index (χ1) is 11.7. The SMILES string of the molecule is CCCNC(=O)CCNC(=O)NCc1ccc(-n2ccnc2)cc1. The van der Waals surface area contributed by atoms with E-state index in [-0.39, 0.29) is 18.4 Å². The fourth-order valence-corrected chi connectivity index (χ4v) is 2.08. The molecule has 128 valence electrons. The topological polar surface area (TPSA) is 88.0 Å². The highest BCUT2D eigenvalue weighted by atomic mass is 16.2. The molecule has 0 aliphatic rings. The first-order valence-corrected chi connectivity index (χ1v) is 8.04. The molecule has 0 aliphatic carbocycles. The van der Waals surface area contributed by atoms with E-state index in [1.165, 1.54) is 0 Å². The van der Waals surface area contributed by atoms with Gasteiger partial charge in [-0.15, -0.1) is 0 Å². The van der Waals surface area contributed by atoms with Crippen molar-refractivity contribution in [2.45, 2.75) is 26.3 Å². The van der Waals surface area contributed by atoms with Gasteiger partial charge in [-0.25, -0.2) is 9.78 Å². The van der Waals surface area contributed by atoms with Gasteiger partial charge in [-0.3, -0.25) is 4.79 Å². The van der Waals surface area contributed by atoms with Crippen LogP contribution in [0.2, 0.25) is 0 Å². The smallest absolute Gasteiger partial charge is 0.315 e. The quantitative estimate of drug-likeness (QED) is 0.687. The molecule has 1 aromatic carbocycles. The molecule has 3 N–H and O–H groups in total. The average Bonchev–Trinajstić information content (AvgIpc) is 3.13. The maximum absolute atomic E-state index is 11.7. The lowest BCUT2D eigenvalue weighted by Crippen LogP contribution is -2.37. The number of hydrogen-bond acceptors (Lipinski definition) is 3. The minimum Gasteiger partial charge on any atom is -0.356 e. The van der Waals surface area contributed by atoms with Gasteiger partial charge in [-0.1, -0.05) is 19.1 Å². The van der Waals surface area contributed by atoms with Gasteiger partial charge in [0.15, 0.2) is 0 Å². The van der Waals surface area contributed by atoms with E-state index < -0.39 is 0 Å². The Kier molecular flexibility index (Phi) is 6.82. The number of imidazole rings is 1. The van der Waals surface area contributed by atoms with E-state index in [9.17, 15) is 9.59 Å². The van der Waals surface area contributed by atoms with E-state index in [1.54, 1.807) is 12.5 Å². The molecule has 0 atom stereocenters. The summed E-state index contributed by atoms with van der Waals surface area (Å²) < 4.78 is 1.91. The number of urea groups is 1. The molecule has 0 fully saturated rings. The minimum atomic E-state index is -0.281. The van der Waals surface area contributed by atoms with Crippen LogP contribution in [-0.4, -0.2) is 34.6 Å². The zero-order chi connectivity index (χ0) is 17.2. The van der Waals surface area contributed by atoms with Gasteiger partial charge in [0, 0.05) is 44.1 Å². The molecular weight excluding hydrogens is 306 g/mol. The Hall–Kier alpha value is -2.83. The first-order valence-electron chi connectivity index (χ1n) is 8.04. The molecule has 0 radical (unpaired) electrons. The van der Waals surface area contributed by atoms with Crippen LogP contribution in [0.3, 0.4) is 0 Å². The van der Waals surface area contributed by atoms with E-state index in [0.29, 0.717) is 19.6 Å². The molecule has 0 aliphatic heterocycles. The van der Waals surface area contributed by atoms with Gasteiger partial charge in [-0.2, -0.15) is 0 Å². The van der Waals surface area contributed by atoms with Gasteiger partial charge in [0.05, 0.1) is 6.33 Å². The lowest BCUT2D eigenvalue weighted by molar-refractivity contribution is -0.120. The molecule has 7 heteroatoms. The van der Waals surface area contributed by atoms with Gasteiger partial charge >= 0.3 is 6.03 Å². The third kappa shape index (κ3) is 5.75. The van der Waals surface area contributed by atoms with E-state index in [4.69, 9.17) is 0 Å². The zero-order valence-electron chi connectivity index (χ0n) is 13.8. The number of nitrogens with one attached hydrogen (secondary N) is 3. The predicted octanol–water partition coefficient (Wildman–Crippen LogP) is 1.59. The Balaban J connectivity index is 1.67. The third-order valence-corrected chi connectivity index (χ3v) is 3.40. The summed E-state index contributed by atoms with van der Waals surface area (Å²) >= 11 is 0. The van der Waals surface area contributed by atoms with Crippen LogP contribution in [0.5, 0.6) is 0 Å². The Morgan fingerprint density at radius 3 is 2.54 bits per heavy atom. The Labute approximate surface area is 141 Å². The van der Waals surface area contributed by atoms with Crippen molar-refractivity contribution < 1.29 is 9.59 Å². The normalized spacial score (nSPS) is 10.2. The number of nitrogens with zero attached hydrogens (tertiary/aromatic N) is 2. The lowest BCUT2D eigenvalue weighted by Gasteiger charge is -2.09. The van der Waals surface area contributed by atoms with Crippen LogP contribution in [0.15, 0.2) is 43.0 Å². The fraction of sp³-hybridized carbons (Fsp3) is 0.353. The third-order valence-electron chi connectivity index (χ3n) is 3.40. The van der Waals surface area contributed by atoms with E-state index >= 15 is 0 Å². The molecule has 0 bridgehead atoms. The van der Waals surface area contributed by atoms with Crippen LogP contribution < -0.4 is 16.0 Å². The number of aromatic nitrogens is 2. The highest BCUT2D eigenvalue weighted by molar-refractivity contribution is 5.78. The number of amides is 3. The number of rotatable bonds is 8. The molecule has 7 nitrogen and oxygen atoms in total. The van der Waals surface area contributed by atoms with E-state index in [0.717, 1.165) is 17.7 Å². The molecule has 2 aromatic rings. The summed E-state index contributed by atoms with van der Waals surface area (Å²) in [6.07, 6.45) is 6.52. The highest BCUT2D eigenvalue weighted by Crippen LogP contribution is 2.08. The van der Waals surface area contributed by atoms with Gasteiger partial charge in [-0.05, 0) is 24.1 Å². The molecule has 24 heavy (non-hydrogen) atoms. The summed E-state index contributed by atoms with van der Waals surface area (Å²) in [4.78, 5) is 27.1. The monoisotopic (exact) mass is 329 g/mol. The molecule has 0 spiro atoms.